The van der Waals surface area contributed by atoms with Crippen LogP contribution >= 0.6 is 0 Å². The Hall–Kier alpha value is -2.64. The second-order valence-electron chi connectivity index (χ2n) is 5.75. The number of hydrogen-bond donors (Lipinski definition) is 1. The number of ether oxygens (including phenoxy) is 1. The standard InChI is InChI=1S/C20H18FNO2/c21-19-4-2-1-3-17(19)8-5-15-6-9-18(10-7-15)20(23)22-13-16-11-12-24-14-16/h1-4,6-7,9-10,16H,11-14H2,(H,22,23)/t16-/m1/s1. The molecule has 1 N–H and O–H groups in total. The van der Waals surface area contributed by atoms with Crippen LogP contribution in [0.3, 0.4) is 0 Å². The van der Waals surface area contributed by atoms with Crippen molar-refractivity contribution in [3.05, 3.63) is 71.0 Å². The Morgan fingerprint density at radius 3 is 2.67 bits per heavy atom. The maximum absolute atomic E-state index is 13.5. The van der Waals surface area contributed by atoms with Crippen LogP contribution < -0.4 is 5.32 Å². The predicted molar refractivity (Wildman–Crippen MR) is 90.1 cm³/mol. The number of nitrogens with one attached hydrogen (secondary N) is 1. The number of benzene rings is 2. The molecule has 1 fully saturated rings. The van der Waals surface area contributed by atoms with Crippen molar-refractivity contribution in [1.29, 1.82) is 0 Å². The van der Waals surface area contributed by atoms with Gasteiger partial charge in [-0.05, 0) is 42.8 Å². The SMILES string of the molecule is O=C(NC[C@H]1CCOC1)c1ccc(C#Cc2ccccc2F)cc1. The van der Waals surface area contributed by atoms with Crippen LogP contribution in [0.2, 0.25) is 0 Å². The summed E-state index contributed by atoms with van der Waals surface area (Å²) in [5.41, 5.74) is 1.68. The molecule has 0 saturated carbocycles. The van der Waals surface area contributed by atoms with E-state index in [1.165, 1.54) is 6.07 Å². The first-order chi connectivity index (χ1) is 11.7. The first kappa shape index (κ1) is 16.2. The average molecular weight is 323 g/mol. The molecule has 24 heavy (non-hydrogen) atoms. The second kappa shape index (κ2) is 7.76. The normalized spacial score (nSPS) is 16.3. The van der Waals surface area contributed by atoms with Gasteiger partial charge in [-0.25, -0.2) is 4.39 Å². The highest BCUT2D eigenvalue weighted by Crippen LogP contribution is 2.11. The summed E-state index contributed by atoms with van der Waals surface area (Å²) >= 11 is 0. The molecule has 1 aliphatic heterocycles. The number of carbonyl (C=O) groups is 1. The van der Waals surface area contributed by atoms with Crippen molar-refractivity contribution in [1.82, 2.24) is 5.32 Å². The van der Waals surface area contributed by atoms with Crippen LogP contribution in [0.5, 0.6) is 0 Å². The molecule has 0 radical (unpaired) electrons. The van der Waals surface area contributed by atoms with Crippen LogP contribution in [0.25, 0.3) is 0 Å². The van der Waals surface area contributed by atoms with Crippen molar-refractivity contribution in [2.75, 3.05) is 19.8 Å². The molecule has 2 aromatic rings. The molecule has 122 valence electrons. The molecular weight excluding hydrogens is 305 g/mol. The number of rotatable bonds is 3. The molecule has 2 aromatic carbocycles. The predicted octanol–water partition coefficient (Wildman–Crippen LogP) is 2.99. The van der Waals surface area contributed by atoms with Gasteiger partial charge in [0.25, 0.3) is 5.91 Å². The van der Waals surface area contributed by atoms with Gasteiger partial charge < -0.3 is 10.1 Å². The van der Waals surface area contributed by atoms with Gasteiger partial charge in [-0.1, -0.05) is 24.0 Å². The van der Waals surface area contributed by atoms with Crippen LogP contribution in [0.1, 0.15) is 27.9 Å². The number of carbonyl (C=O) groups excluding carboxylic acids is 1. The Bertz CT molecular complexity index is 768. The molecule has 1 amide bonds. The molecule has 0 aromatic heterocycles. The van der Waals surface area contributed by atoms with E-state index in [4.69, 9.17) is 4.74 Å². The molecule has 0 unspecified atom stereocenters. The van der Waals surface area contributed by atoms with Crippen molar-refractivity contribution in [2.24, 2.45) is 5.92 Å². The lowest BCUT2D eigenvalue weighted by Gasteiger charge is -2.09. The van der Waals surface area contributed by atoms with Gasteiger partial charge in [-0.15, -0.1) is 0 Å². The summed E-state index contributed by atoms with van der Waals surface area (Å²) in [6, 6.07) is 13.4. The molecule has 3 rings (SSSR count). The van der Waals surface area contributed by atoms with E-state index in [-0.39, 0.29) is 11.7 Å². The van der Waals surface area contributed by atoms with Crippen LogP contribution in [0, 0.1) is 23.6 Å². The number of halogens is 1. The zero-order chi connectivity index (χ0) is 16.8. The summed E-state index contributed by atoms with van der Waals surface area (Å²) < 4.78 is 18.8. The Morgan fingerprint density at radius 2 is 1.96 bits per heavy atom. The smallest absolute Gasteiger partial charge is 0.251 e. The Morgan fingerprint density at radius 1 is 1.17 bits per heavy atom. The molecule has 1 atom stereocenters. The summed E-state index contributed by atoms with van der Waals surface area (Å²) in [6.45, 7) is 2.12. The summed E-state index contributed by atoms with van der Waals surface area (Å²) in [7, 11) is 0. The highest BCUT2D eigenvalue weighted by atomic mass is 19.1. The van der Waals surface area contributed by atoms with Crippen molar-refractivity contribution in [3.63, 3.8) is 0 Å². The minimum atomic E-state index is -0.336. The first-order valence-corrected chi connectivity index (χ1v) is 7.95. The Kier molecular flexibility index (Phi) is 5.25. The molecule has 1 heterocycles. The largest absolute Gasteiger partial charge is 0.381 e. The zero-order valence-corrected chi connectivity index (χ0v) is 13.2. The summed E-state index contributed by atoms with van der Waals surface area (Å²) in [6.07, 6.45) is 0.991. The van der Waals surface area contributed by atoms with Gasteiger partial charge in [0.05, 0.1) is 12.2 Å². The summed E-state index contributed by atoms with van der Waals surface area (Å²) in [5, 5.41) is 2.92. The fourth-order valence-corrected chi connectivity index (χ4v) is 2.49. The van der Waals surface area contributed by atoms with Crippen LogP contribution in [-0.4, -0.2) is 25.7 Å². The average Bonchev–Trinajstić information content (AvgIpc) is 3.13. The van der Waals surface area contributed by atoms with E-state index in [2.05, 4.69) is 17.2 Å². The molecule has 1 saturated heterocycles. The van der Waals surface area contributed by atoms with E-state index >= 15 is 0 Å². The zero-order valence-electron chi connectivity index (χ0n) is 13.2. The summed E-state index contributed by atoms with van der Waals surface area (Å²) in [4.78, 5) is 12.1. The Labute approximate surface area is 140 Å². The maximum atomic E-state index is 13.5. The minimum absolute atomic E-state index is 0.101. The van der Waals surface area contributed by atoms with E-state index in [1.54, 1.807) is 42.5 Å². The summed E-state index contributed by atoms with van der Waals surface area (Å²) in [5.74, 6) is 5.67. The first-order valence-electron chi connectivity index (χ1n) is 7.95. The van der Waals surface area contributed by atoms with E-state index in [0.717, 1.165) is 18.6 Å². The highest BCUT2D eigenvalue weighted by Gasteiger charge is 2.16. The van der Waals surface area contributed by atoms with Gasteiger partial charge >= 0.3 is 0 Å². The van der Waals surface area contributed by atoms with Crippen molar-refractivity contribution in [3.8, 4) is 11.8 Å². The quantitative estimate of drug-likeness (QED) is 0.882. The van der Waals surface area contributed by atoms with Crippen LogP contribution in [-0.2, 0) is 4.74 Å². The minimum Gasteiger partial charge on any atom is -0.381 e. The lowest BCUT2D eigenvalue weighted by Crippen LogP contribution is -2.29. The van der Waals surface area contributed by atoms with Gasteiger partial charge in [0, 0.05) is 30.2 Å². The number of amides is 1. The van der Waals surface area contributed by atoms with Gasteiger partial charge in [-0.3, -0.25) is 4.79 Å². The topological polar surface area (TPSA) is 38.3 Å². The van der Waals surface area contributed by atoms with E-state index in [1.807, 2.05) is 0 Å². The molecule has 0 bridgehead atoms. The van der Waals surface area contributed by atoms with Gasteiger partial charge in [-0.2, -0.15) is 0 Å². The van der Waals surface area contributed by atoms with Crippen molar-refractivity contribution < 1.29 is 13.9 Å². The molecule has 0 aliphatic carbocycles. The molecule has 0 spiro atoms. The molecule has 1 aliphatic rings. The number of hydrogen-bond acceptors (Lipinski definition) is 2. The lowest BCUT2D eigenvalue weighted by atomic mass is 10.1. The molecule has 4 heteroatoms. The van der Waals surface area contributed by atoms with Gasteiger partial charge in [0.15, 0.2) is 0 Å². The van der Waals surface area contributed by atoms with Crippen LogP contribution in [0.4, 0.5) is 4.39 Å². The van der Waals surface area contributed by atoms with Crippen molar-refractivity contribution >= 4 is 5.91 Å². The van der Waals surface area contributed by atoms with Crippen molar-refractivity contribution in [2.45, 2.75) is 6.42 Å². The maximum Gasteiger partial charge on any atom is 0.251 e. The highest BCUT2D eigenvalue weighted by molar-refractivity contribution is 5.94. The monoisotopic (exact) mass is 323 g/mol. The Balaban J connectivity index is 1.61. The fourth-order valence-electron chi connectivity index (χ4n) is 2.49. The van der Waals surface area contributed by atoms with E-state index in [0.29, 0.717) is 30.2 Å². The third-order valence-electron chi connectivity index (χ3n) is 3.94. The third-order valence-corrected chi connectivity index (χ3v) is 3.94. The van der Waals surface area contributed by atoms with Crippen LogP contribution in [0.15, 0.2) is 48.5 Å². The third kappa shape index (κ3) is 4.21. The second-order valence-corrected chi connectivity index (χ2v) is 5.75. The van der Waals surface area contributed by atoms with Gasteiger partial charge in [0.1, 0.15) is 5.82 Å². The fraction of sp³-hybridized carbons (Fsp3) is 0.250. The molecule has 3 nitrogen and oxygen atoms in total. The van der Waals surface area contributed by atoms with Gasteiger partial charge in [0.2, 0.25) is 0 Å². The van der Waals surface area contributed by atoms with E-state index < -0.39 is 0 Å². The lowest BCUT2D eigenvalue weighted by molar-refractivity contribution is 0.0945. The van der Waals surface area contributed by atoms with E-state index in [9.17, 15) is 9.18 Å². The molecular formula is C20H18FNO2.